The quantitative estimate of drug-likeness (QED) is 0.861. The summed E-state index contributed by atoms with van der Waals surface area (Å²) >= 11 is 0. The van der Waals surface area contributed by atoms with Crippen molar-refractivity contribution in [1.82, 2.24) is 4.90 Å². The van der Waals surface area contributed by atoms with E-state index in [0.29, 0.717) is 6.54 Å². The second kappa shape index (κ2) is 6.67. The fourth-order valence-corrected chi connectivity index (χ4v) is 3.72. The first-order valence-corrected chi connectivity index (χ1v) is 8.64. The van der Waals surface area contributed by atoms with E-state index in [1.54, 1.807) is 12.2 Å². The molecule has 5 nitrogen and oxygen atoms in total. The van der Waals surface area contributed by atoms with Gasteiger partial charge < -0.3 is 14.7 Å². The molecule has 0 fully saturated rings. The highest BCUT2D eigenvalue weighted by atomic mass is 16.6. The summed E-state index contributed by atoms with van der Waals surface area (Å²) in [6, 6.07) is 16.3. The van der Waals surface area contributed by atoms with Gasteiger partial charge in [-0.05, 0) is 22.3 Å². The van der Waals surface area contributed by atoms with Gasteiger partial charge in [-0.15, -0.1) is 0 Å². The van der Waals surface area contributed by atoms with E-state index in [1.807, 2.05) is 24.3 Å². The van der Waals surface area contributed by atoms with E-state index in [1.165, 1.54) is 16.0 Å². The van der Waals surface area contributed by atoms with Crippen molar-refractivity contribution < 1.29 is 19.4 Å². The van der Waals surface area contributed by atoms with Crippen LogP contribution in [0.4, 0.5) is 4.79 Å². The summed E-state index contributed by atoms with van der Waals surface area (Å²) in [4.78, 5) is 25.0. The average molecular weight is 349 g/mol. The number of amides is 1. The summed E-state index contributed by atoms with van der Waals surface area (Å²) < 4.78 is 5.57. The van der Waals surface area contributed by atoms with Gasteiger partial charge in [0.25, 0.3) is 0 Å². The van der Waals surface area contributed by atoms with Crippen molar-refractivity contribution in [2.45, 2.75) is 5.92 Å². The molecular weight excluding hydrogens is 330 g/mol. The number of rotatable bonds is 3. The van der Waals surface area contributed by atoms with Crippen molar-refractivity contribution in [1.29, 1.82) is 0 Å². The Kier molecular flexibility index (Phi) is 4.21. The number of aliphatic carboxylic acids is 1. The van der Waals surface area contributed by atoms with Gasteiger partial charge in [0.15, 0.2) is 0 Å². The largest absolute Gasteiger partial charge is 0.481 e. The third-order valence-electron chi connectivity index (χ3n) is 5.02. The molecule has 0 bridgehead atoms. The first-order chi connectivity index (χ1) is 12.6. The van der Waals surface area contributed by atoms with Gasteiger partial charge in [-0.3, -0.25) is 4.79 Å². The molecule has 0 saturated heterocycles. The summed E-state index contributed by atoms with van der Waals surface area (Å²) in [6.07, 6.45) is 2.85. The smallest absolute Gasteiger partial charge is 0.410 e. The van der Waals surface area contributed by atoms with Crippen LogP contribution in [0.15, 0.2) is 60.7 Å². The van der Waals surface area contributed by atoms with E-state index in [4.69, 9.17) is 9.84 Å². The molecule has 2 aromatic carbocycles. The summed E-state index contributed by atoms with van der Waals surface area (Å²) in [5, 5.41) is 9.13. The number of carbonyl (C=O) groups excluding carboxylic acids is 1. The van der Waals surface area contributed by atoms with Gasteiger partial charge in [-0.25, -0.2) is 4.79 Å². The number of ether oxygens (including phenoxy) is 1. The van der Waals surface area contributed by atoms with Crippen molar-refractivity contribution >= 4 is 12.1 Å². The lowest BCUT2D eigenvalue weighted by molar-refractivity contribution is -0.140. The van der Waals surface area contributed by atoms with Crippen LogP contribution in [0.5, 0.6) is 0 Å². The Hall–Kier alpha value is -3.08. The van der Waals surface area contributed by atoms with Crippen LogP contribution < -0.4 is 0 Å². The molecule has 1 atom stereocenters. The third-order valence-corrected chi connectivity index (χ3v) is 5.02. The maximum atomic E-state index is 12.4. The molecule has 1 aliphatic carbocycles. The van der Waals surface area contributed by atoms with Crippen LogP contribution in [0.3, 0.4) is 0 Å². The molecular formula is C21H19NO4. The number of fused-ring (bicyclic) bond motifs is 3. The van der Waals surface area contributed by atoms with E-state index >= 15 is 0 Å². The molecule has 1 N–H and O–H groups in total. The van der Waals surface area contributed by atoms with Crippen molar-refractivity contribution in [2.24, 2.45) is 5.92 Å². The second-order valence-corrected chi connectivity index (χ2v) is 6.58. The van der Waals surface area contributed by atoms with E-state index < -0.39 is 18.0 Å². The van der Waals surface area contributed by atoms with E-state index in [-0.39, 0.29) is 19.1 Å². The number of nitrogens with zero attached hydrogens (tertiary/aromatic N) is 1. The van der Waals surface area contributed by atoms with Gasteiger partial charge in [0.1, 0.15) is 6.61 Å². The fourth-order valence-electron chi connectivity index (χ4n) is 3.72. The van der Waals surface area contributed by atoms with Gasteiger partial charge in [0.2, 0.25) is 0 Å². The van der Waals surface area contributed by atoms with E-state index in [2.05, 4.69) is 24.3 Å². The first kappa shape index (κ1) is 16.4. The zero-order valence-electron chi connectivity index (χ0n) is 14.2. The van der Waals surface area contributed by atoms with Gasteiger partial charge >= 0.3 is 12.1 Å². The van der Waals surface area contributed by atoms with Crippen LogP contribution in [0.25, 0.3) is 11.1 Å². The van der Waals surface area contributed by atoms with Crippen molar-refractivity contribution in [3.8, 4) is 11.1 Å². The van der Waals surface area contributed by atoms with Gasteiger partial charge in [-0.2, -0.15) is 0 Å². The lowest BCUT2D eigenvalue weighted by Crippen LogP contribution is -2.40. The minimum absolute atomic E-state index is 0.00181. The molecule has 0 radical (unpaired) electrons. The second-order valence-electron chi connectivity index (χ2n) is 6.58. The van der Waals surface area contributed by atoms with Crippen LogP contribution in [0.2, 0.25) is 0 Å². The molecule has 4 rings (SSSR count). The predicted octanol–water partition coefficient (Wildman–Crippen LogP) is 3.51. The topological polar surface area (TPSA) is 66.8 Å². The highest BCUT2D eigenvalue weighted by Crippen LogP contribution is 2.44. The molecule has 2 aromatic rings. The van der Waals surface area contributed by atoms with E-state index in [0.717, 1.165) is 11.1 Å². The number of hydrogen-bond donors (Lipinski definition) is 1. The van der Waals surface area contributed by atoms with E-state index in [9.17, 15) is 9.59 Å². The Morgan fingerprint density at radius 1 is 1.04 bits per heavy atom. The molecule has 1 aliphatic heterocycles. The number of carboxylic acid groups (broad SMARTS) is 1. The molecule has 1 unspecified atom stereocenters. The Balaban J connectivity index is 1.49. The SMILES string of the molecule is O=C(O)C1C=CCN(C(=O)OCC2c3ccccc3-c3ccccc32)C1. The molecule has 132 valence electrons. The predicted molar refractivity (Wildman–Crippen MR) is 96.9 cm³/mol. The Labute approximate surface area is 151 Å². The normalized spacial score (nSPS) is 18.3. The molecule has 2 aliphatic rings. The molecule has 0 saturated carbocycles. The summed E-state index contributed by atoms with van der Waals surface area (Å²) in [6.45, 7) is 0.758. The molecule has 5 heteroatoms. The van der Waals surface area contributed by atoms with Gasteiger partial charge in [0.05, 0.1) is 5.92 Å². The number of carboxylic acids is 1. The maximum Gasteiger partial charge on any atom is 0.410 e. The standard InChI is InChI=1S/C21H19NO4/c23-20(24)14-6-5-11-22(12-14)21(25)26-13-19-17-9-3-1-7-15(17)16-8-2-4-10-18(16)19/h1-10,14,19H,11-13H2,(H,23,24). The Morgan fingerprint density at radius 3 is 2.27 bits per heavy atom. The van der Waals surface area contributed by atoms with Gasteiger partial charge in [0, 0.05) is 19.0 Å². The van der Waals surface area contributed by atoms with Crippen LogP contribution in [-0.4, -0.2) is 41.8 Å². The number of hydrogen-bond acceptors (Lipinski definition) is 3. The summed E-state index contributed by atoms with van der Waals surface area (Å²) in [5.74, 6) is -1.61. The average Bonchev–Trinajstić information content (AvgIpc) is 3.00. The maximum absolute atomic E-state index is 12.4. The fraction of sp³-hybridized carbons (Fsp3) is 0.238. The van der Waals surface area contributed by atoms with Crippen LogP contribution in [0, 0.1) is 5.92 Å². The first-order valence-electron chi connectivity index (χ1n) is 8.64. The lowest BCUT2D eigenvalue weighted by atomic mass is 9.98. The lowest BCUT2D eigenvalue weighted by Gasteiger charge is -2.27. The zero-order chi connectivity index (χ0) is 18.1. The minimum atomic E-state index is -0.933. The number of carbonyl (C=O) groups is 2. The minimum Gasteiger partial charge on any atom is -0.481 e. The highest BCUT2D eigenvalue weighted by molar-refractivity contribution is 5.79. The molecule has 0 aromatic heterocycles. The summed E-state index contributed by atoms with van der Waals surface area (Å²) in [7, 11) is 0. The van der Waals surface area contributed by atoms with Crippen LogP contribution >= 0.6 is 0 Å². The van der Waals surface area contributed by atoms with Crippen LogP contribution in [-0.2, 0) is 9.53 Å². The van der Waals surface area contributed by atoms with Crippen LogP contribution in [0.1, 0.15) is 17.0 Å². The third kappa shape index (κ3) is 2.86. The van der Waals surface area contributed by atoms with Gasteiger partial charge in [-0.1, -0.05) is 60.7 Å². The number of benzene rings is 2. The highest BCUT2D eigenvalue weighted by Gasteiger charge is 2.30. The molecule has 26 heavy (non-hydrogen) atoms. The molecule has 1 heterocycles. The summed E-state index contributed by atoms with van der Waals surface area (Å²) in [5.41, 5.74) is 4.67. The molecule has 1 amide bonds. The van der Waals surface area contributed by atoms with Crippen molar-refractivity contribution in [3.63, 3.8) is 0 Å². The zero-order valence-corrected chi connectivity index (χ0v) is 14.2. The van der Waals surface area contributed by atoms with Crippen molar-refractivity contribution in [2.75, 3.05) is 19.7 Å². The monoisotopic (exact) mass is 349 g/mol. The molecule has 0 spiro atoms. The van der Waals surface area contributed by atoms with Crippen molar-refractivity contribution in [3.05, 3.63) is 71.8 Å². The Morgan fingerprint density at radius 2 is 1.65 bits per heavy atom. The Bertz CT molecular complexity index is 844.